The minimum absolute atomic E-state index is 0.0114. The largest absolute Gasteiger partial charge is 0.494 e. The van der Waals surface area contributed by atoms with Crippen molar-refractivity contribution in [1.29, 1.82) is 0 Å². The summed E-state index contributed by atoms with van der Waals surface area (Å²) < 4.78 is 60.3. The topological polar surface area (TPSA) is 173 Å². The molecule has 53 heavy (non-hydrogen) atoms. The van der Waals surface area contributed by atoms with E-state index in [9.17, 15) is 22.8 Å². The summed E-state index contributed by atoms with van der Waals surface area (Å²) in [5.74, 6) is -1.31. The minimum atomic E-state index is -3.97. The summed E-state index contributed by atoms with van der Waals surface area (Å²) in [6.07, 6.45) is 6.47. The first-order valence-corrected chi connectivity index (χ1v) is 19.5. The molecule has 1 saturated heterocycles. The van der Waals surface area contributed by atoms with Crippen LogP contribution >= 0.6 is 0 Å². The zero-order valence-corrected chi connectivity index (χ0v) is 31.3. The lowest BCUT2D eigenvalue weighted by atomic mass is 10.1. The molecule has 4 atom stereocenters. The number of ether oxygens (including phenoxy) is 2. The molecule has 4 aliphatic rings. The van der Waals surface area contributed by atoms with E-state index in [0.29, 0.717) is 42.6 Å². The fourth-order valence-corrected chi connectivity index (χ4v) is 8.37. The van der Waals surface area contributed by atoms with Crippen LogP contribution in [0.25, 0.3) is 22.3 Å². The molecule has 4 amide bonds. The lowest BCUT2D eigenvalue weighted by Gasteiger charge is -2.30. The molecule has 0 unspecified atom stereocenters. The van der Waals surface area contributed by atoms with Crippen LogP contribution in [-0.2, 0) is 19.6 Å². The van der Waals surface area contributed by atoms with Crippen LogP contribution in [0.15, 0.2) is 40.9 Å². The lowest BCUT2D eigenvalue weighted by molar-refractivity contribution is -0.134. The van der Waals surface area contributed by atoms with E-state index < -0.39 is 56.1 Å². The van der Waals surface area contributed by atoms with Crippen LogP contribution in [0.5, 0.6) is 11.5 Å². The van der Waals surface area contributed by atoms with Gasteiger partial charge in [0.25, 0.3) is 5.91 Å². The molecule has 0 radical (unpaired) electrons. The number of nitrogens with zero attached hydrogens (tertiary/aromatic N) is 4. The number of hydrogen-bond acceptors (Lipinski definition) is 10. The molecule has 4 heterocycles. The normalized spacial score (nSPS) is 26.4. The second-order valence-electron chi connectivity index (χ2n) is 15.2. The molecule has 7 rings (SSSR count). The Balaban J connectivity index is 1.21. The highest BCUT2D eigenvalue weighted by atomic mass is 32.2. The Hall–Kier alpha value is -4.73. The molecule has 3 fully saturated rings. The molecule has 284 valence electrons. The average molecular weight is 753 g/mol. The van der Waals surface area contributed by atoms with Gasteiger partial charge in [-0.1, -0.05) is 31.2 Å². The van der Waals surface area contributed by atoms with Crippen molar-refractivity contribution in [3.63, 3.8) is 0 Å². The van der Waals surface area contributed by atoms with Gasteiger partial charge in [0.15, 0.2) is 11.6 Å². The molecule has 2 aromatic heterocycles. The first kappa shape index (κ1) is 36.6. The molecule has 2 aliphatic heterocycles. The van der Waals surface area contributed by atoms with Gasteiger partial charge >= 0.3 is 6.03 Å². The standard InChI is InChI=1S/C37H45FN6O8S/c1-21(2)29-18-26(41-52-29)25-17-30(24-11-12-28(50-5)31(38)32(24)39-25)51-23-16-27-33(45)43(4)15-9-7-6-8-10-22-19-37(22,40-35(47)44(27)20-23)34(46)42-53(48,49)36(3)13-14-36/h8,10-12,17-18,21-23,27H,6-7,9,13-16,19-20H2,1-5H3,(H,40,47)(H,42,46)/b10-8-/t22-,23+,27+,37-/m1/s1. The van der Waals surface area contributed by atoms with Crippen molar-refractivity contribution >= 4 is 38.8 Å². The van der Waals surface area contributed by atoms with Gasteiger partial charge in [-0.15, -0.1) is 0 Å². The van der Waals surface area contributed by atoms with Gasteiger partial charge in [-0.25, -0.2) is 22.6 Å². The number of fused-ring (bicyclic) bond motifs is 3. The fraction of sp³-hybridized carbons (Fsp3) is 0.541. The number of nitrogens with one attached hydrogen (secondary N) is 2. The van der Waals surface area contributed by atoms with Crippen LogP contribution in [0, 0.1) is 11.7 Å². The highest BCUT2D eigenvalue weighted by Gasteiger charge is 2.63. The Labute approximate surface area is 307 Å². The highest BCUT2D eigenvalue weighted by molar-refractivity contribution is 7.91. The summed E-state index contributed by atoms with van der Waals surface area (Å²) in [4.78, 5) is 49.4. The number of benzene rings is 1. The van der Waals surface area contributed by atoms with E-state index >= 15 is 4.39 Å². The minimum Gasteiger partial charge on any atom is -0.494 e. The number of methoxy groups -OCH3 is 1. The number of hydrogen-bond donors (Lipinski definition) is 2. The van der Waals surface area contributed by atoms with E-state index in [1.807, 2.05) is 26.0 Å². The van der Waals surface area contributed by atoms with Crippen LogP contribution < -0.4 is 19.5 Å². The number of likely N-dealkylation sites (N-methyl/N-ethyl adjacent to an activating group) is 1. The third kappa shape index (κ3) is 6.81. The van der Waals surface area contributed by atoms with Gasteiger partial charge in [0.1, 0.15) is 40.4 Å². The molecular weight excluding hydrogens is 708 g/mol. The van der Waals surface area contributed by atoms with Crippen LogP contribution in [0.4, 0.5) is 9.18 Å². The van der Waals surface area contributed by atoms with Crippen LogP contribution in [0.1, 0.15) is 77.4 Å². The molecule has 2 aliphatic carbocycles. The maximum atomic E-state index is 15.7. The Morgan fingerprint density at radius 3 is 2.62 bits per heavy atom. The molecule has 3 aromatic rings. The van der Waals surface area contributed by atoms with Crippen molar-refractivity contribution in [2.75, 3.05) is 27.2 Å². The number of rotatable bonds is 8. The van der Waals surface area contributed by atoms with Crippen molar-refractivity contribution in [1.82, 2.24) is 30.0 Å². The molecule has 14 nitrogen and oxygen atoms in total. The van der Waals surface area contributed by atoms with Crippen molar-refractivity contribution < 1.29 is 41.2 Å². The third-order valence-electron chi connectivity index (χ3n) is 11.0. The smallest absolute Gasteiger partial charge is 0.319 e. The summed E-state index contributed by atoms with van der Waals surface area (Å²) >= 11 is 0. The average Bonchev–Trinajstić information content (AvgIpc) is 3.89. The summed E-state index contributed by atoms with van der Waals surface area (Å²) in [6.45, 7) is 5.91. The maximum absolute atomic E-state index is 15.7. The lowest BCUT2D eigenvalue weighted by Crippen LogP contribution is -2.58. The first-order chi connectivity index (χ1) is 25.2. The van der Waals surface area contributed by atoms with Crippen molar-refractivity contribution in [3.05, 3.63) is 48.0 Å². The predicted octanol–water partition coefficient (Wildman–Crippen LogP) is 4.65. The second kappa shape index (κ2) is 13.6. The van der Waals surface area contributed by atoms with Crippen LogP contribution in [0.3, 0.4) is 0 Å². The van der Waals surface area contributed by atoms with Gasteiger partial charge in [0, 0.05) is 49.4 Å². The number of aromatic nitrogens is 2. The van der Waals surface area contributed by atoms with Crippen molar-refractivity contribution in [3.8, 4) is 22.9 Å². The Morgan fingerprint density at radius 2 is 1.92 bits per heavy atom. The zero-order chi connectivity index (χ0) is 37.9. The summed E-state index contributed by atoms with van der Waals surface area (Å²) in [5.41, 5.74) is -0.867. The van der Waals surface area contributed by atoms with Gasteiger partial charge in [0.05, 0.1) is 24.1 Å². The Bertz CT molecular complexity index is 2100. The number of pyridine rings is 1. The summed E-state index contributed by atoms with van der Waals surface area (Å²) in [7, 11) is -0.931. The molecule has 0 bridgehead atoms. The number of carbonyl (C=O) groups excluding carboxylic acids is 3. The van der Waals surface area contributed by atoms with Crippen LogP contribution in [0.2, 0.25) is 0 Å². The first-order valence-electron chi connectivity index (χ1n) is 18.0. The number of allylic oxidation sites excluding steroid dienone is 1. The highest BCUT2D eigenvalue weighted by Crippen LogP contribution is 2.47. The van der Waals surface area contributed by atoms with Gasteiger partial charge in [-0.3, -0.25) is 14.3 Å². The number of halogens is 1. The van der Waals surface area contributed by atoms with E-state index in [-0.39, 0.29) is 53.9 Å². The van der Waals surface area contributed by atoms with E-state index in [1.54, 1.807) is 37.1 Å². The van der Waals surface area contributed by atoms with Crippen LogP contribution in [-0.4, -0.2) is 95.9 Å². The Kier molecular flexibility index (Phi) is 9.40. The van der Waals surface area contributed by atoms with E-state index in [2.05, 4.69) is 20.2 Å². The number of amides is 4. The molecule has 2 N–H and O–H groups in total. The van der Waals surface area contributed by atoms with Gasteiger partial charge in [-0.2, -0.15) is 0 Å². The van der Waals surface area contributed by atoms with E-state index in [0.717, 1.165) is 12.8 Å². The number of urea groups is 1. The van der Waals surface area contributed by atoms with Crippen molar-refractivity contribution in [2.45, 2.75) is 94.1 Å². The van der Waals surface area contributed by atoms with Gasteiger partial charge in [0.2, 0.25) is 15.9 Å². The van der Waals surface area contributed by atoms with Gasteiger partial charge in [-0.05, 0) is 57.6 Å². The monoisotopic (exact) mass is 752 g/mol. The number of sulfonamides is 1. The molecular formula is C37H45FN6O8S. The molecule has 2 saturated carbocycles. The Morgan fingerprint density at radius 1 is 1.15 bits per heavy atom. The molecule has 1 aromatic carbocycles. The quantitative estimate of drug-likeness (QED) is 0.309. The molecule has 16 heteroatoms. The zero-order valence-electron chi connectivity index (χ0n) is 30.5. The van der Waals surface area contributed by atoms with Crippen molar-refractivity contribution in [2.24, 2.45) is 5.92 Å². The summed E-state index contributed by atoms with van der Waals surface area (Å²) in [5, 5.41) is 7.33. The second-order valence-corrected chi connectivity index (χ2v) is 17.4. The van der Waals surface area contributed by atoms with E-state index in [4.69, 9.17) is 14.0 Å². The van der Waals surface area contributed by atoms with Gasteiger partial charge < -0.3 is 29.1 Å². The number of carbonyl (C=O) groups is 3. The summed E-state index contributed by atoms with van der Waals surface area (Å²) in [6, 6.07) is 4.80. The predicted molar refractivity (Wildman–Crippen MR) is 192 cm³/mol. The third-order valence-corrected chi connectivity index (χ3v) is 13.1. The van der Waals surface area contributed by atoms with E-state index in [1.165, 1.54) is 18.1 Å². The SMILES string of the molecule is COc1ccc2c(O[C@H]3C[C@H]4C(=O)N(C)CCCC/C=C\[C@@H]5C[C@@]5(C(=O)NS(=O)(=O)C5(C)CC5)NC(=O)N4C3)cc(-c3cc(C(C)C)on3)nc2c1F. The fourth-order valence-electron chi connectivity index (χ4n) is 7.06. The maximum Gasteiger partial charge on any atom is 0.319 e. The molecule has 0 spiro atoms.